The van der Waals surface area contributed by atoms with Gasteiger partial charge < -0.3 is 5.73 Å². The molecule has 19 heavy (non-hydrogen) atoms. The first kappa shape index (κ1) is 14.6. The largest absolute Gasteiger partial charge is 0.398 e. The third kappa shape index (κ3) is 3.81. The Morgan fingerprint density at radius 1 is 1.16 bits per heavy atom. The average Bonchev–Trinajstić information content (AvgIpc) is 2.36. The van der Waals surface area contributed by atoms with Crippen LogP contribution in [0.25, 0.3) is 0 Å². The number of rotatable bonds is 3. The molecule has 0 aliphatic heterocycles. The van der Waals surface area contributed by atoms with E-state index in [1.807, 2.05) is 12.1 Å². The zero-order valence-corrected chi connectivity index (χ0v) is 12.7. The number of nitrogen functional groups attached to an aromatic ring is 1. The van der Waals surface area contributed by atoms with E-state index < -0.39 is 0 Å². The third-order valence-electron chi connectivity index (χ3n) is 3.72. The summed E-state index contributed by atoms with van der Waals surface area (Å²) in [6, 6.07) is 5.96. The maximum Gasteiger partial charge on any atom is 0.0690 e. The van der Waals surface area contributed by atoms with Gasteiger partial charge in [-0.1, -0.05) is 40.4 Å². The Bertz CT molecular complexity index is 457. The number of benzene rings is 1. The molecule has 1 aliphatic rings. The topological polar surface area (TPSA) is 64.1 Å². The van der Waals surface area contributed by atoms with Crippen LogP contribution >= 0.6 is 15.9 Å². The molecule has 0 heterocycles. The lowest BCUT2D eigenvalue weighted by molar-refractivity contribution is 0.556. The number of allylic oxidation sites excluding steroid dienone is 1. The molecule has 0 saturated heterocycles. The van der Waals surface area contributed by atoms with Crippen molar-refractivity contribution in [3.8, 4) is 0 Å². The molecule has 1 unspecified atom stereocenters. The molecule has 0 radical (unpaired) electrons. The first-order valence-corrected chi connectivity index (χ1v) is 7.71. The molecular formula is C15H22BrN3. The summed E-state index contributed by atoms with van der Waals surface area (Å²) in [5.41, 5.74) is 12.2. The van der Waals surface area contributed by atoms with Crippen LogP contribution in [0, 0.1) is 0 Å². The van der Waals surface area contributed by atoms with Crippen molar-refractivity contribution in [1.29, 1.82) is 0 Å². The summed E-state index contributed by atoms with van der Waals surface area (Å²) in [7, 11) is 0. The maximum absolute atomic E-state index is 6.10. The van der Waals surface area contributed by atoms with Crippen molar-refractivity contribution in [2.24, 2.45) is 5.84 Å². The van der Waals surface area contributed by atoms with E-state index in [0.29, 0.717) is 0 Å². The zero-order chi connectivity index (χ0) is 13.7. The van der Waals surface area contributed by atoms with Crippen LogP contribution in [0.5, 0.6) is 0 Å². The van der Waals surface area contributed by atoms with E-state index in [0.717, 1.165) is 28.6 Å². The minimum atomic E-state index is 0.0237. The molecule has 104 valence electrons. The third-order valence-corrected chi connectivity index (χ3v) is 4.22. The van der Waals surface area contributed by atoms with Crippen LogP contribution in [0.2, 0.25) is 0 Å². The van der Waals surface area contributed by atoms with E-state index in [1.165, 1.54) is 31.3 Å². The highest BCUT2D eigenvalue weighted by molar-refractivity contribution is 9.10. The second-order valence-electron chi connectivity index (χ2n) is 5.10. The van der Waals surface area contributed by atoms with Crippen molar-refractivity contribution in [2.75, 3.05) is 5.73 Å². The van der Waals surface area contributed by atoms with Gasteiger partial charge in [0, 0.05) is 10.2 Å². The monoisotopic (exact) mass is 323 g/mol. The highest BCUT2D eigenvalue weighted by Crippen LogP contribution is 2.32. The van der Waals surface area contributed by atoms with Gasteiger partial charge in [0.2, 0.25) is 0 Å². The fourth-order valence-electron chi connectivity index (χ4n) is 2.67. The fraction of sp³-hybridized carbons (Fsp3) is 0.467. The zero-order valence-electron chi connectivity index (χ0n) is 11.2. The molecule has 0 aromatic heterocycles. The van der Waals surface area contributed by atoms with Gasteiger partial charge in [-0.3, -0.25) is 5.84 Å². The van der Waals surface area contributed by atoms with Crippen LogP contribution in [0.3, 0.4) is 0 Å². The smallest absolute Gasteiger partial charge is 0.0690 e. The molecule has 1 atom stereocenters. The predicted octanol–water partition coefficient (Wildman–Crippen LogP) is 3.82. The van der Waals surface area contributed by atoms with Gasteiger partial charge in [0.05, 0.1) is 6.04 Å². The molecule has 0 spiro atoms. The minimum absolute atomic E-state index is 0.0237. The molecular weight excluding hydrogens is 302 g/mol. The quantitative estimate of drug-likeness (QED) is 0.343. The SMILES string of the molecule is NNC(/C1=C/CCCCCC1)c1cc(Br)ccc1N. The van der Waals surface area contributed by atoms with Crippen molar-refractivity contribution in [3.05, 3.63) is 39.9 Å². The van der Waals surface area contributed by atoms with Gasteiger partial charge in [-0.05, 0) is 49.4 Å². The van der Waals surface area contributed by atoms with Crippen LogP contribution in [0.4, 0.5) is 5.69 Å². The number of hydrogen-bond acceptors (Lipinski definition) is 3. The number of nitrogens with one attached hydrogen (secondary N) is 1. The normalized spacial score (nSPS) is 21.1. The van der Waals surface area contributed by atoms with E-state index in [1.54, 1.807) is 0 Å². The van der Waals surface area contributed by atoms with Gasteiger partial charge in [0.1, 0.15) is 0 Å². The van der Waals surface area contributed by atoms with Crippen molar-refractivity contribution < 1.29 is 0 Å². The second-order valence-corrected chi connectivity index (χ2v) is 6.02. The molecule has 1 aliphatic carbocycles. The summed E-state index contributed by atoms with van der Waals surface area (Å²) in [5.74, 6) is 5.78. The summed E-state index contributed by atoms with van der Waals surface area (Å²) >= 11 is 3.50. The average molecular weight is 324 g/mol. The summed E-state index contributed by atoms with van der Waals surface area (Å²) < 4.78 is 1.03. The van der Waals surface area contributed by atoms with Gasteiger partial charge >= 0.3 is 0 Å². The Morgan fingerprint density at radius 2 is 1.95 bits per heavy atom. The van der Waals surface area contributed by atoms with E-state index in [4.69, 9.17) is 11.6 Å². The van der Waals surface area contributed by atoms with Crippen LogP contribution in [-0.4, -0.2) is 0 Å². The summed E-state index contributed by atoms with van der Waals surface area (Å²) in [5, 5.41) is 0. The highest BCUT2D eigenvalue weighted by atomic mass is 79.9. The minimum Gasteiger partial charge on any atom is -0.398 e. The molecule has 0 bridgehead atoms. The molecule has 4 heteroatoms. The molecule has 0 fully saturated rings. The van der Waals surface area contributed by atoms with Crippen LogP contribution in [0.1, 0.15) is 50.1 Å². The van der Waals surface area contributed by atoms with Crippen molar-refractivity contribution in [3.63, 3.8) is 0 Å². The molecule has 3 nitrogen and oxygen atoms in total. The Hall–Kier alpha value is -0.840. The summed E-state index contributed by atoms with van der Waals surface area (Å²) in [6.45, 7) is 0. The number of hydrazine groups is 1. The number of nitrogens with two attached hydrogens (primary N) is 2. The number of halogens is 1. The lowest BCUT2D eigenvalue weighted by Crippen LogP contribution is -2.30. The fourth-order valence-corrected chi connectivity index (χ4v) is 3.05. The van der Waals surface area contributed by atoms with Crippen molar-refractivity contribution in [1.82, 2.24) is 5.43 Å². The molecule has 5 N–H and O–H groups in total. The Kier molecular flexibility index (Phi) is 5.43. The van der Waals surface area contributed by atoms with Gasteiger partial charge in [0.25, 0.3) is 0 Å². The van der Waals surface area contributed by atoms with Gasteiger partial charge in [-0.15, -0.1) is 0 Å². The van der Waals surface area contributed by atoms with E-state index >= 15 is 0 Å². The van der Waals surface area contributed by atoms with E-state index in [-0.39, 0.29) is 6.04 Å². The van der Waals surface area contributed by atoms with Gasteiger partial charge in [-0.25, -0.2) is 5.43 Å². The van der Waals surface area contributed by atoms with E-state index in [2.05, 4.69) is 33.5 Å². The first-order chi connectivity index (χ1) is 9.22. The maximum atomic E-state index is 6.10. The Labute approximate surface area is 123 Å². The first-order valence-electron chi connectivity index (χ1n) is 6.92. The van der Waals surface area contributed by atoms with Crippen LogP contribution in [-0.2, 0) is 0 Å². The molecule has 0 amide bonds. The molecule has 2 rings (SSSR count). The molecule has 1 aromatic rings. The molecule has 1 aromatic carbocycles. The highest BCUT2D eigenvalue weighted by Gasteiger charge is 2.18. The van der Waals surface area contributed by atoms with Gasteiger partial charge in [-0.2, -0.15) is 0 Å². The molecule has 0 saturated carbocycles. The lowest BCUT2D eigenvalue weighted by atomic mass is 9.90. The number of anilines is 1. The van der Waals surface area contributed by atoms with Crippen molar-refractivity contribution in [2.45, 2.75) is 44.6 Å². The Balaban J connectivity index is 2.29. The second kappa shape index (κ2) is 7.08. The Morgan fingerprint density at radius 3 is 2.74 bits per heavy atom. The van der Waals surface area contributed by atoms with Crippen LogP contribution in [0.15, 0.2) is 34.3 Å². The summed E-state index contributed by atoms with van der Waals surface area (Å²) in [6.07, 6.45) is 9.73. The predicted molar refractivity (Wildman–Crippen MR) is 84.4 cm³/mol. The van der Waals surface area contributed by atoms with Crippen molar-refractivity contribution >= 4 is 21.6 Å². The number of hydrogen-bond donors (Lipinski definition) is 3. The summed E-state index contributed by atoms with van der Waals surface area (Å²) in [4.78, 5) is 0. The van der Waals surface area contributed by atoms with E-state index in [9.17, 15) is 0 Å². The lowest BCUT2D eigenvalue weighted by Gasteiger charge is -2.23. The van der Waals surface area contributed by atoms with Crippen LogP contribution < -0.4 is 17.0 Å². The van der Waals surface area contributed by atoms with Gasteiger partial charge in [0.15, 0.2) is 0 Å². The standard InChI is InChI=1S/C15H22BrN3/c16-12-8-9-14(17)13(10-12)15(19-18)11-6-4-2-1-3-5-7-11/h6,8-10,15,19H,1-5,7,17-18H2/b11-6+.